The van der Waals surface area contributed by atoms with Gasteiger partial charge in [-0.05, 0) is 77.9 Å². The van der Waals surface area contributed by atoms with Crippen molar-refractivity contribution in [2.75, 3.05) is 19.8 Å². The van der Waals surface area contributed by atoms with Crippen molar-refractivity contribution in [3.05, 3.63) is 106 Å². The molecule has 0 spiro atoms. The topological polar surface area (TPSA) is 87.7 Å². The molecule has 7 heteroatoms. The van der Waals surface area contributed by atoms with Crippen LogP contribution in [0.25, 0.3) is 6.08 Å². The largest absolute Gasteiger partial charge is 0.493 e. The van der Waals surface area contributed by atoms with Gasteiger partial charge in [-0.15, -0.1) is 0 Å². The van der Waals surface area contributed by atoms with Gasteiger partial charge in [0.2, 0.25) is 0 Å². The molecule has 0 aliphatic heterocycles. The number of benzene rings is 3. The summed E-state index contributed by atoms with van der Waals surface area (Å²) in [5.41, 5.74) is 3.72. The summed E-state index contributed by atoms with van der Waals surface area (Å²) in [5, 5.41) is 15.1. The normalized spacial score (nSPS) is 13.2. The highest BCUT2D eigenvalue weighted by Gasteiger charge is 2.23. The number of halogens is 1. The zero-order valence-corrected chi connectivity index (χ0v) is 20.6. The average Bonchev–Trinajstić information content (AvgIpc) is 3.74. The summed E-state index contributed by atoms with van der Waals surface area (Å²) in [6, 6.07) is 22.4. The van der Waals surface area contributed by atoms with Gasteiger partial charge >= 0.3 is 0 Å². The van der Waals surface area contributed by atoms with Crippen LogP contribution < -0.4 is 15.4 Å². The van der Waals surface area contributed by atoms with Crippen LogP contribution in [0.4, 0.5) is 0 Å². The molecule has 1 aliphatic carbocycles. The second-order valence-corrected chi connectivity index (χ2v) is 9.12. The van der Waals surface area contributed by atoms with Gasteiger partial charge in [-0.2, -0.15) is 0 Å². The van der Waals surface area contributed by atoms with Crippen LogP contribution in [0.1, 0.15) is 45.8 Å². The van der Waals surface area contributed by atoms with Crippen LogP contribution in [0.2, 0.25) is 5.02 Å². The highest BCUT2D eigenvalue weighted by atomic mass is 35.5. The number of carbonyl (C=O) groups is 2. The van der Waals surface area contributed by atoms with Crippen LogP contribution in [0.3, 0.4) is 0 Å². The second-order valence-electron chi connectivity index (χ2n) is 8.68. The number of carbonyl (C=O) groups excluding carboxylic acids is 2. The summed E-state index contributed by atoms with van der Waals surface area (Å²) >= 11 is 5.91. The first-order valence-corrected chi connectivity index (χ1v) is 12.4. The van der Waals surface area contributed by atoms with E-state index in [2.05, 4.69) is 22.8 Å². The van der Waals surface area contributed by atoms with Gasteiger partial charge < -0.3 is 20.5 Å². The van der Waals surface area contributed by atoms with Crippen molar-refractivity contribution >= 4 is 29.5 Å². The predicted octanol–water partition coefficient (Wildman–Crippen LogP) is 4.72. The summed E-state index contributed by atoms with van der Waals surface area (Å²) in [4.78, 5) is 25.5. The Balaban J connectivity index is 1.38. The van der Waals surface area contributed by atoms with Crippen LogP contribution in [0, 0.1) is 0 Å². The van der Waals surface area contributed by atoms with Crippen molar-refractivity contribution in [1.82, 2.24) is 10.6 Å². The Hall–Kier alpha value is -3.61. The molecule has 0 heterocycles. The smallest absolute Gasteiger partial charge is 0.267 e. The molecule has 1 saturated carbocycles. The second kappa shape index (κ2) is 12.4. The SMILES string of the molecule is O=C(NCCO)C(=Cc1ccc(C2CC2)cc1)NC(=O)c1ccc(OCCc2ccc(Cl)cc2)cc1. The molecule has 0 bridgehead atoms. The van der Waals surface area contributed by atoms with Crippen LogP contribution in [0.15, 0.2) is 78.5 Å². The number of ether oxygens (including phenoxy) is 1. The Bertz CT molecular complexity index is 1200. The fraction of sp³-hybridized carbons (Fsp3) is 0.241. The first-order valence-electron chi connectivity index (χ1n) is 12.0. The van der Waals surface area contributed by atoms with E-state index in [1.807, 2.05) is 36.4 Å². The molecule has 0 unspecified atom stereocenters. The lowest BCUT2D eigenvalue weighted by atomic mass is 10.1. The van der Waals surface area contributed by atoms with Gasteiger partial charge in [0.15, 0.2) is 0 Å². The Morgan fingerprint density at radius 1 is 0.972 bits per heavy atom. The van der Waals surface area contributed by atoms with Crippen molar-refractivity contribution in [2.24, 2.45) is 0 Å². The van der Waals surface area contributed by atoms with Crippen molar-refractivity contribution < 1.29 is 19.4 Å². The molecule has 4 rings (SSSR count). The Morgan fingerprint density at radius 2 is 1.67 bits per heavy atom. The molecule has 0 aromatic heterocycles. The van der Waals surface area contributed by atoms with Crippen LogP contribution in [-0.2, 0) is 11.2 Å². The number of amides is 2. The quantitative estimate of drug-likeness (QED) is 0.330. The highest BCUT2D eigenvalue weighted by Crippen LogP contribution is 2.39. The van der Waals surface area contributed by atoms with Gasteiger partial charge in [-0.1, -0.05) is 48.0 Å². The third-order valence-electron chi connectivity index (χ3n) is 5.88. The molecule has 3 aromatic carbocycles. The Labute approximate surface area is 215 Å². The van der Waals surface area contributed by atoms with Crippen LogP contribution in [0.5, 0.6) is 5.75 Å². The van der Waals surface area contributed by atoms with Crippen LogP contribution >= 0.6 is 11.6 Å². The standard InChI is InChI=1S/C29H29ClN2O4/c30-25-11-3-20(4-12-25)15-18-36-26-13-9-24(10-14-26)28(34)32-27(29(35)31-16-17-33)19-21-1-5-22(6-2-21)23-7-8-23/h1-6,9-14,19,23,33H,7-8,15-18H2,(H,31,35)(H,32,34). The lowest BCUT2D eigenvalue weighted by Gasteiger charge is -2.12. The van der Waals surface area contributed by atoms with E-state index in [1.165, 1.54) is 18.4 Å². The van der Waals surface area contributed by atoms with Gasteiger partial charge in [-0.25, -0.2) is 0 Å². The molecule has 0 radical (unpaired) electrons. The molecule has 2 amide bonds. The molecule has 36 heavy (non-hydrogen) atoms. The number of hydrogen-bond acceptors (Lipinski definition) is 4. The monoisotopic (exact) mass is 504 g/mol. The molecular weight excluding hydrogens is 476 g/mol. The number of nitrogens with one attached hydrogen (secondary N) is 2. The summed E-state index contributed by atoms with van der Waals surface area (Å²) in [7, 11) is 0. The third kappa shape index (κ3) is 7.44. The zero-order valence-electron chi connectivity index (χ0n) is 19.9. The van der Waals surface area contributed by atoms with Crippen molar-refractivity contribution in [2.45, 2.75) is 25.2 Å². The lowest BCUT2D eigenvalue weighted by molar-refractivity contribution is -0.117. The van der Waals surface area contributed by atoms with E-state index in [9.17, 15) is 9.59 Å². The maximum Gasteiger partial charge on any atom is 0.267 e. The van der Waals surface area contributed by atoms with E-state index in [-0.39, 0.29) is 18.8 Å². The van der Waals surface area contributed by atoms with Gasteiger partial charge in [-0.3, -0.25) is 9.59 Å². The first-order chi connectivity index (χ1) is 17.5. The fourth-order valence-corrected chi connectivity index (χ4v) is 3.83. The number of rotatable bonds is 11. The molecule has 1 aliphatic rings. The van der Waals surface area contributed by atoms with Gasteiger partial charge in [0, 0.05) is 23.6 Å². The Morgan fingerprint density at radius 3 is 2.31 bits per heavy atom. The molecule has 0 atom stereocenters. The minimum Gasteiger partial charge on any atom is -0.493 e. The van der Waals surface area contributed by atoms with Gasteiger partial charge in [0.25, 0.3) is 11.8 Å². The van der Waals surface area contributed by atoms with Crippen molar-refractivity contribution in [3.8, 4) is 5.75 Å². The maximum absolute atomic E-state index is 12.9. The van der Waals surface area contributed by atoms with E-state index in [0.29, 0.717) is 28.9 Å². The Kier molecular flexibility index (Phi) is 8.76. The number of aliphatic hydroxyl groups excluding tert-OH is 1. The van der Waals surface area contributed by atoms with Gasteiger partial charge in [0.05, 0.1) is 13.2 Å². The molecule has 6 nitrogen and oxygen atoms in total. The lowest BCUT2D eigenvalue weighted by Crippen LogP contribution is -2.36. The summed E-state index contributed by atoms with van der Waals surface area (Å²) in [6.45, 7) is 0.391. The maximum atomic E-state index is 12.9. The highest BCUT2D eigenvalue weighted by molar-refractivity contribution is 6.30. The zero-order chi connectivity index (χ0) is 25.3. The van der Waals surface area contributed by atoms with Crippen LogP contribution in [-0.4, -0.2) is 36.7 Å². The summed E-state index contributed by atoms with van der Waals surface area (Å²) in [5.74, 6) is 0.403. The van der Waals surface area contributed by atoms with E-state index in [0.717, 1.165) is 17.5 Å². The van der Waals surface area contributed by atoms with Crippen molar-refractivity contribution in [3.63, 3.8) is 0 Å². The predicted molar refractivity (Wildman–Crippen MR) is 141 cm³/mol. The number of hydrogen-bond donors (Lipinski definition) is 3. The average molecular weight is 505 g/mol. The summed E-state index contributed by atoms with van der Waals surface area (Å²) < 4.78 is 5.78. The third-order valence-corrected chi connectivity index (χ3v) is 6.13. The molecule has 0 saturated heterocycles. The summed E-state index contributed by atoms with van der Waals surface area (Å²) in [6.07, 6.45) is 4.80. The van der Waals surface area contributed by atoms with E-state index < -0.39 is 11.8 Å². The molecule has 186 valence electrons. The van der Waals surface area contributed by atoms with Gasteiger partial charge in [0.1, 0.15) is 11.4 Å². The van der Waals surface area contributed by atoms with E-state index >= 15 is 0 Å². The molecule has 3 N–H and O–H groups in total. The minimum absolute atomic E-state index is 0.0920. The number of aliphatic hydroxyl groups is 1. The molecule has 1 fully saturated rings. The first kappa shape index (κ1) is 25.5. The van der Waals surface area contributed by atoms with Crippen molar-refractivity contribution in [1.29, 1.82) is 0 Å². The fourth-order valence-electron chi connectivity index (χ4n) is 3.71. The molecule has 3 aromatic rings. The molecular formula is C29H29ClN2O4. The minimum atomic E-state index is -0.467. The van der Waals surface area contributed by atoms with E-state index in [1.54, 1.807) is 30.3 Å². The van der Waals surface area contributed by atoms with E-state index in [4.69, 9.17) is 21.4 Å².